The van der Waals surface area contributed by atoms with Crippen LogP contribution in [0.2, 0.25) is 10.0 Å². The van der Waals surface area contributed by atoms with Gasteiger partial charge in [0.05, 0.1) is 32.3 Å². The summed E-state index contributed by atoms with van der Waals surface area (Å²) in [6, 6.07) is 9.20. The van der Waals surface area contributed by atoms with Crippen molar-refractivity contribution in [1.82, 2.24) is 3.97 Å². The molecule has 0 N–H and O–H groups in total. The van der Waals surface area contributed by atoms with Gasteiger partial charge in [-0.3, -0.25) is 0 Å². The zero-order chi connectivity index (χ0) is 21.8. The van der Waals surface area contributed by atoms with E-state index in [2.05, 4.69) is 0 Å². The molecule has 0 fully saturated rings. The van der Waals surface area contributed by atoms with Gasteiger partial charge in [0.15, 0.2) is 0 Å². The van der Waals surface area contributed by atoms with Crippen LogP contribution >= 0.6 is 23.2 Å². The zero-order valence-electron chi connectivity index (χ0n) is 15.4. The van der Waals surface area contributed by atoms with Gasteiger partial charge in [-0.1, -0.05) is 40.9 Å². The molecule has 0 aliphatic heterocycles. The predicted octanol–water partition coefficient (Wildman–Crippen LogP) is 5.64. The van der Waals surface area contributed by atoms with E-state index in [0.717, 1.165) is 9.54 Å². The van der Waals surface area contributed by atoms with Crippen molar-refractivity contribution in [2.24, 2.45) is 0 Å². The molecule has 1 atom stereocenters. The first-order valence-electron chi connectivity index (χ1n) is 8.83. The lowest BCUT2D eigenvalue weighted by molar-refractivity contribution is -0.0635. The molecule has 0 amide bonds. The summed E-state index contributed by atoms with van der Waals surface area (Å²) in [4.78, 5) is 0.0165. The summed E-state index contributed by atoms with van der Waals surface area (Å²) in [5.74, 6) is -4.50. The van der Waals surface area contributed by atoms with E-state index in [-0.39, 0.29) is 32.6 Å². The van der Waals surface area contributed by atoms with Crippen LogP contribution in [0.15, 0.2) is 41.3 Å². The molecule has 1 aromatic heterocycles. The molecule has 30 heavy (non-hydrogen) atoms. The number of nitrogens with zero attached hydrogens (tertiary/aromatic N) is 1. The number of hydrogen-bond donors (Lipinski definition) is 0. The predicted molar refractivity (Wildman–Crippen MR) is 110 cm³/mol. The summed E-state index contributed by atoms with van der Waals surface area (Å²) in [6.07, 6.45) is -0.397. The van der Waals surface area contributed by atoms with Gasteiger partial charge in [0.1, 0.15) is 0 Å². The lowest BCUT2D eigenvalue weighted by Crippen LogP contribution is -2.25. The highest BCUT2D eigenvalue weighted by atomic mass is 35.5. The van der Waals surface area contributed by atoms with Crippen molar-refractivity contribution in [3.05, 3.63) is 63.3 Å². The minimum Gasteiger partial charge on any atom is -0.401 e. The maximum Gasteiger partial charge on any atom is 0.389 e. The molecule has 158 valence electrons. The zero-order valence-corrected chi connectivity index (χ0v) is 18.8. The Balaban J connectivity index is 1.96. The lowest BCUT2D eigenvalue weighted by atomic mass is 10.1. The van der Waals surface area contributed by atoms with Crippen LogP contribution in [0, 0.1) is 6.92 Å². The Bertz CT molecular complexity index is 1240. The number of alkyl halides is 3. The van der Waals surface area contributed by atoms with Gasteiger partial charge in [-0.15, -0.1) is 0 Å². The van der Waals surface area contributed by atoms with Gasteiger partial charge in [0.25, 0.3) is 10.0 Å². The van der Waals surface area contributed by atoms with E-state index >= 15 is 0 Å². The van der Waals surface area contributed by atoms with Crippen LogP contribution in [-0.4, -0.2) is 28.0 Å². The SMILES string of the molecule is Cc1ccc(S(=O)(=O)n2c3c(c4cc(Cl)c(Cl)cc42)CCC3O[Si]C(F)(F)F)cc1. The van der Waals surface area contributed by atoms with E-state index < -0.39 is 31.7 Å². The van der Waals surface area contributed by atoms with Crippen molar-refractivity contribution >= 4 is 53.9 Å². The fraction of sp³-hybridized carbons (Fsp3) is 0.263. The average Bonchev–Trinajstić information content (AvgIpc) is 3.18. The Morgan fingerprint density at radius 3 is 2.40 bits per heavy atom. The number of hydrogen-bond acceptors (Lipinski definition) is 3. The van der Waals surface area contributed by atoms with Crippen molar-refractivity contribution < 1.29 is 26.0 Å². The first-order valence-corrected chi connectivity index (χ1v) is 11.9. The molecule has 1 aliphatic rings. The molecule has 1 heterocycles. The van der Waals surface area contributed by atoms with Crippen molar-refractivity contribution in [1.29, 1.82) is 0 Å². The minimum absolute atomic E-state index is 0.0165. The van der Waals surface area contributed by atoms with Crippen LogP contribution in [0.1, 0.15) is 29.3 Å². The number of fused-ring (bicyclic) bond motifs is 3. The molecule has 2 aromatic carbocycles. The summed E-state index contributed by atoms with van der Waals surface area (Å²) < 4.78 is 71.5. The van der Waals surface area contributed by atoms with E-state index in [1.54, 1.807) is 18.2 Å². The number of rotatable bonds is 4. The van der Waals surface area contributed by atoms with Crippen molar-refractivity contribution in [2.45, 2.75) is 36.6 Å². The Kier molecular flexibility index (Phi) is 5.47. The number of aromatic nitrogens is 1. The van der Waals surface area contributed by atoms with E-state index in [1.807, 2.05) is 6.92 Å². The van der Waals surface area contributed by atoms with Crippen LogP contribution in [0.4, 0.5) is 13.2 Å². The van der Waals surface area contributed by atoms with Gasteiger partial charge in [-0.05, 0) is 49.6 Å². The normalized spacial score (nSPS) is 16.9. The van der Waals surface area contributed by atoms with E-state index in [9.17, 15) is 21.6 Å². The fourth-order valence-electron chi connectivity index (χ4n) is 3.66. The fourth-order valence-corrected chi connectivity index (χ4v) is 6.08. The molecule has 4 rings (SSSR count). The monoisotopic (exact) mass is 491 g/mol. The first kappa shape index (κ1) is 21.7. The minimum atomic E-state index is -4.50. The number of halogens is 5. The standard InChI is InChI=1S/C19H14Cl2F3NO3SSi/c1-10-2-4-11(5-3-10)29(26,27)25-16-9-15(21)14(20)8-13(16)12-6-7-17(18(12)25)28-30-19(22,23)24/h2-5,8-9,17H,6-7H2,1H3. The molecule has 1 aliphatic carbocycles. The molecule has 3 aromatic rings. The van der Waals surface area contributed by atoms with Gasteiger partial charge in [-0.25, -0.2) is 12.4 Å². The van der Waals surface area contributed by atoms with Crippen LogP contribution in [-0.2, 0) is 20.9 Å². The Morgan fingerprint density at radius 1 is 1.13 bits per heavy atom. The van der Waals surface area contributed by atoms with Gasteiger partial charge in [-0.2, -0.15) is 13.2 Å². The summed E-state index contributed by atoms with van der Waals surface area (Å²) in [5.41, 5.74) is 1.94. The van der Waals surface area contributed by atoms with Crippen LogP contribution < -0.4 is 0 Å². The Hall–Kier alpha value is -1.52. The molecule has 0 saturated carbocycles. The molecule has 11 heteroatoms. The van der Waals surface area contributed by atoms with E-state index in [4.69, 9.17) is 27.6 Å². The molecule has 2 radical (unpaired) electrons. The molecular formula is C19H14Cl2F3NO3SSi. The second kappa shape index (κ2) is 7.56. The summed E-state index contributed by atoms with van der Waals surface area (Å²) >= 11 is 12.3. The van der Waals surface area contributed by atoms with E-state index in [0.29, 0.717) is 17.4 Å². The number of benzene rings is 2. The van der Waals surface area contributed by atoms with E-state index in [1.165, 1.54) is 18.2 Å². The molecule has 0 saturated heterocycles. The third-order valence-corrected chi connectivity index (χ3v) is 8.05. The second-order valence-corrected chi connectivity index (χ2v) is 10.6. The molecule has 4 nitrogen and oxygen atoms in total. The van der Waals surface area contributed by atoms with Crippen molar-refractivity contribution in [3.8, 4) is 0 Å². The quantitative estimate of drug-likeness (QED) is 0.444. The summed E-state index contributed by atoms with van der Waals surface area (Å²) in [7, 11) is -5.87. The molecule has 0 spiro atoms. The highest BCUT2D eigenvalue weighted by Gasteiger charge is 2.39. The Morgan fingerprint density at radius 2 is 1.77 bits per heavy atom. The second-order valence-electron chi connectivity index (χ2n) is 6.97. The molecular weight excluding hydrogens is 478 g/mol. The highest BCUT2D eigenvalue weighted by Crippen LogP contribution is 2.44. The smallest absolute Gasteiger partial charge is 0.389 e. The molecule has 1 unspecified atom stereocenters. The third-order valence-electron chi connectivity index (χ3n) is 4.95. The van der Waals surface area contributed by atoms with Gasteiger partial charge in [0, 0.05) is 5.39 Å². The molecule has 0 bridgehead atoms. The third kappa shape index (κ3) is 3.77. The first-order chi connectivity index (χ1) is 14.0. The Labute approximate surface area is 183 Å². The van der Waals surface area contributed by atoms with Crippen LogP contribution in [0.5, 0.6) is 0 Å². The number of aryl methyl sites for hydroxylation is 2. The summed E-state index contributed by atoms with van der Waals surface area (Å²) in [6.45, 7) is 1.82. The van der Waals surface area contributed by atoms with Crippen LogP contribution in [0.3, 0.4) is 0 Å². The van der Waals surface area contributed by atoms with Crippen LogP contribution in [0.25, 0.3) is 10.9 Å². The average molecular weight is 492 g/mol. The maximum atomic E-state index is 13.5. The largest absolute Gasteiger partial charge is 0.401 e. The highest BCUT2D eigenvalue weighted by molar-refractivity contribution is 7.90. The van der Waals surface area contributed by atoms with Gasteiger partial charge in [0.2, 0.25) is 0 Å². The maximum absolute atomic E-state index is 13.5. The lowest BCUT2D eigenvalue weighted by Gasteiger charge is -2.18. The van der Waals surface area contributed by atoms with Gasteiger partial charge >= 0.3 is 15.6 Å². The van der Waals surface area contributed by atoms with Crippen molar-refractivity contribution in [2.75, 3.05) is 0 Å². The topological polar surface area (TPSA) is 48.3 Å². The van der Waals surface area contributed by atoms with Gasteiger partial charge < -0.3 is 4.43 Å². The summed E-state index contributed by atoms with van der Waals surface area (Å²) in [5, 5.41) is 0.922. The van der Waals surface area contributed by atoms with Crippen molar-refractivity contribution in [3.63, 3.8) is 0 Å².